The first-order chi connectivity index (χ1) is 12.7. The summed E-state index contributed by atoms with van der Waals surface area (Å²) in [7, 11) is 0. The molecule has 0 aliphatic heterocycles. The zero-order valence-corrected chi connectivity index (χ0v) is 14.2. The average molecular weight is 352 g/mol. The summed E-state index contributed by atoms with van der Waals surface area (Å²) in [5, 5.41) is 13.8. The third-order valence-electron chi connectivity index (χ3n) is 3.82. The number of rotatable bonds is 7. The van der Waals surface area contributed by atoms with E-state index in [4.69, 9.17) is 4.74 Å². The maximum Gasteiger partial charge on any atom is 0.407 e. The minimum Gasteiger partial charge on any atom is -0.445 e. The number of aromatic amines is 1. The van der Waals surface area contributed by atoms with Gasteiger partial charge in [0.15, 0.2) is 5.82 Å². The van der Waals surface area contributed by atoms with Crippen LogP contribution in [0.1, 0.15) is 12.0 Å². The lowest BCUT2D eigenvalue weighted by molar-refractivity contribution is 0.139. The van der Waals surface area contributed by atoms with E-state index >= 15 is 0 Å². The number of hydrogen-bond donors (Lipinski definition) is 3. The number of aromatic nitrogens is 2. The van der Waals surface area contributed by atoms with Crippen molar-refractivity contribution in [3.8, 4) is 0 Å². The molecule has 134 valence electrons. The number of nitrogens with zero attached hydrogens (tertiary/aromatic N) is 1. The summed E-state index contributed by atoms with van der Waals surface area (Å²) in [6.07, 6.45) is 0.247. The number of fused-ring (bicyclic) bond motifs is 1. The molecule has 0 radical (unpaired) electrons. The van der Waals surface area contributed by atoms with E-state index in [0.717, 1.165) is 10.9 Å². The fourth-order valence-electron chi connectivity index (χ4n) is 2.51. The van der Waals surface area contributed by atoms with E-state index in [-0.39, 0.29) is 12.2 Å². The monoisotopic (exact) mass is 352 g/mol. The van der Waals surface area contributed by atoms with E-state index in [0.29, 0.717) is 30.7 Å². The highest BCUT2D eigenvalue weighted by Crippen LogP contribution is 2.16. The Kier molecular flexibility index (Phi) is 5.82. The minimum absolute atomic E-state index is 0.214. The zero-order chi connectivity index (χ0) is 18.2. The molecule has 0 bridgehead atoms. The fraction of sp³-hybridized carbons (Fsp3) is 0.211. The maximum atomic E-state index is 11.7. The lowest BCUT2D eigenvalue weighted by Crippen LogP contribution is -2.26. The predicted molar refractivity (Wildman–Crippen MR) is 100 cm³/mol. The van der Waals surface area contributed by atoms with Gasteiger partial charge in [-0.2, -0.15) is 5.10 Å². The number of alkyl carbamates (subject to hydrolysis) is 1. The van der Waals surface area contributed by atoms with Gasteiger partial charge in [0.05, 0.1) is 5.39 Å². The van der Waals surface area contributed by atoms with Crippen LogP contribution in [0.25, 0.3) is 10.8 Å². The minimum atomic E-state index is -0.443. The molecule has 0 atom stereocenters. The molecule has 3 aromatic rings. The van der Waals surface area contributed by atoms with Crippen LogP contribution in [0.5, 0.6) is 0 Å². The van der Waals surface area contributed by atoms with Crippen molar-refractivity contribution in [3.63, 3.8) is 0 Å². The Bertz CT molecular complexity index is 925. The molecule has 0 aliphatic carbocycles. The Hall–Kier alpha value is -3.35. The quantitative estimate of drug-likeness (QED) is 0.568. The Morgan fingerprint density at radius 1 is 1.00 bits per heavy atom. The van der Waals surface area contributed by atoms with Gasteiger partial charge in [0.1, 0.15) is 6.61 Å². The molecular weight excluding hydrogens is 332 g/mol. The summed E-state index contributed by atoms with van der Waals surface area (Å²) in [5.41, 5.74) is 0.731. The van der Waals surface area contributed by atoms with Crippen LogP contribution in [0.4, 0.5) is 10.6 Å². The van der Waals surface area contributed by atoms with Gasteiger partial charge >= 0.3 is 6.09 Å². The molecule has 3 N–H and O–H groups in total. The Labute approximate surface area is 150 Å². The lowest BCUT2D eigenvalue weighted by atomic mass is 10.2. The van der Waals surface area contributed by atoms with Crippen LogP contribution in [-0.4, -0.2) is 29.4 Å². The van der Waals surface area contributed by atoms with E-state index < -0.39 is 6.09 Å². The summed E-state index contributed by atoms with van der Waals surface area (Å²) in [6, 6.07) is 16.8. The molecule has 0 fully saturated rings. The van der Waals surface area contributed by atoms with Crippen molar-refractivity contribution >= 4 is 22.7 Å². The van der Waals surface area contributed by atoms with Gasteiger partial charge in [-0.15, -0.1) is 0 Å². The number of H-pyrrole nitrogens is 1. The highest BCUT2D eigenvalue weighted by Gasteiger charge is 2.05. The second-order valence-corrected chi connectivity index (χ2v) is 5.72. The molecular formula is C19H20N4O3. The van der Waals surface area contributed by atoms with Crippen molar-refractivity contribution in [2.24, 2.45) is 0 Å². The molecule has 0 saturated carbocycles. The molecule has 1 amide bonds. The number of benzene rings is 2. The van der Waals surface area contributed by atoms with Crippen LogP contribution < -0.4 is 16.2 Å². The third kappa shape index (κ3) is 4.60. The molecule has 1 aromatic heterocycles. The van der Waals surface area contributed by atoms with Crippen LogP contribution >= 0.6 is 0 Å². The molecule has 0 saturated heterocycles. The largest absolute Gasteiger partial charge is 0.445 e. The standard InChI is InChI=1S/C19H20N4O3/c24-18-16-10-5-4-9-15(16)17(22-23-18)20-11-6-12-21-19(25)26-13-14-7-2-1-3-8-14/h1-5,7-10H,6,11-13H2,(H,20,22)(H,21,25)(H,23,24). The van der Waals surface area contributed by atoms with Gasteiger partial charge in [-0.05, 0) is 18.1 Å². The first-order valence-corrected chi connectivity index (χ1v) is 8.40. The van der Waals surface area contributed by atoms with Crippen LogP contribution in [-0.2, 0) is 11.3 Å². The third-order valence-corrected chi connectivity index (χ3v) is 3.82. The Morgan fingerprint density at radius 2 is 1.73 bits per heavy atom. The van der Waals surface area contributed by atoms with Gasteiger partial charge < -0.3 is 15.4 Å². The topological polar surface area (TPSA) is 96.1 Å². The number of hydrogen-bond acceptors (Lipinski definition) is 5. The first kappa shape index (κ1) is 17.5. The van der Waals surface area contributed by atoms with Crippen LogP contribution in [0, 0.1) is 0 Å². The van der Waals surface area contributed by atoms with E-state index in [1.54, 1.807) is 6.07 Å². The summed E-state index contributed by atoms with van der Waals surface area (Å²) in [5.74, 6) is 0.617. The first-order valence-electron chi connectivity index (χ1n) is 8.40. The SMILES string of the molecule is O=C(NCCCNc1n[nH]c(=O)c2ccccc12)OCc1ccccc1. The molecule has 2 aromatic carbocycles. The van der Waals surface area contributed by atoms with E-state index in [1.807, 2.05) is 48.5 Å². The number of ether oxygens (including phenoxy) is 1. The fourth-order valence-corrected chi connectivity index (χ4v) is 2.51. The van der Waals surface area contributed by atoms with Crippen molar-refractivity contribution in [2.75, 3.05) is 18.4 Å². The van der Waals surface area contributed by atoms with Crippen molar-refractivity contribution in [1.29, 1.82) is 0 Å². The number of nitrogens with one attached hydrogen (secondary N) is 3. The van der Waals surface area contributed by atoms with Crippen LogP contribution in [0.15, 0.2) is 59.4 Å². The van der Waals surface area contributed by atoms with Gasteiger partial charge in [0.25, 0.3) is 5.56 Å². The van der Waals surface area contributed by atoms with Gasteiger partial charge in [-0.25, -0.2) is 9.89 Å². The van der Waals surface area contributed by atoms with Crippen molar-refractivity contribution in [3.05, 3.63) is 70.5 Å². The zero-order valence-electron chi connectivity index (χ0n) is 14.2. The number of carbonyl (C=O) groups is 1. The van der Waals surface area contributed by atoms with E-state index in [9.17, 15) is 9.59 Å². The molecule has 26 heavy (non-hydrogen) atoms. The predicted octanol–water partition coefficient (Wildman–Crippen LogP) is 2.65. The summed E-state index contributed by atoms with van der Waals surface area (Å²) >= 11 is 0. The molecule has 1 heterocycles. The summed E-state index contributed by atoms with van der Waals surface area (Å²) < 4.78 is 5.14. The second-order valence-electron chi connectivity index (χ2n) is 5.72. The van der Waals surface area contributed by atoms with Crippen LogP contribution in [0.2, 0.25) is 0 Å². The molecule has 0 unspecified atom stereocenters. The van der Waals surface area contributed by atoms with E-state index in [1.165, 1.54) is 0 Å². The Balaban J connectivity index is 1.40. The highest BCUT2D eigenvalue weighted by atomic mass is 16.5. The lowest BCUT2D eigenvalue weighted by Gasteiger charge is -2.09. The summed E-state index contributed by atoms with van der Waals surface area (Å²) in [6.45, 7) is 1.32. The average Bonchev–Trinajstić information content (AvgIpc) is 2.69. The molecule has 0 spiro atoms. The van der Waals surface area contributed by atoms with Crippen molar-refractivity contribution in [1.82, 2.24) is 15.5 Å². The van der Waals surface area contributed by atoms with Gasteiger partial charge in [-0.3, -0.25) is 4.79 Å². The normalized spacial score (nSPS) is 10.5. The maximum absolute atomic E-state index is 11.7. The highest BCUT2D eigenvalue weighted by molar-refractivity contribution is 5.90. The summed E-state index contributed by atoms with van der Waals surface area (Å²) in [4.78, 5) is 23.4. The molecule has 7 nitrogen and oxygen atoms in total. The number of carbonyl (C=O) groups excluding carboxylic acids is 1. The van der Waals surface area contributed by atoms with Crippen molar-refractivity contribution in [2.45, 2.75) is 13.0 Å². The Morgan fingerprint density at radius 3 is 2.54 bits per heavy atom. The number of amides is 1. The van der Waals surface area contributed by atoms with Gasteiger partial charge in [0.2, 0.25) is 0 Å². The molecule has 3 rings (SSSR count). The number of anilines is 1. The van der Waals surface area contributed by atoms with E-state index in [2.05, 4.69) is 20.8 Å². The van der Waals surface area contributed by atoms with Gasteiger partial charge in [-0.1, -0.05) is 48.5 Å². The van der Waals surface area contributed by atoms with Crippen molar-refractivity contribution < 1.29 is 9.53 Å². The molecule has 0 aliphatic rings. The molecule has 7 heteroatoms. The van der Waals surface area contributed by atoms with Crippen LogP contribution in [0.3, 0.4) is 0 Å². The smallest absolute Gasteiger partial charge is 0.407 e. The second kappa shape index (κ2) is 8.66. The van der Waals surface area contributed by atoms with Gasteiger partial charge in [0, 0.05) is 18.5 Å².